The molecule has 1 amide bonds. The number of ether oxygens (including phenoxy) is 1. The highest BCUT2D eigenvalue weighted by molar-refractivity contribution is 5.99. The van der Waals surface area contributed by atoms with Crippen LogP contribution in [0.5, 0.6) is 5.75 Å². The zero-order valence-electron chi connectivity index (χ0n) is 19.0. The number of amides is 1. The standard InChI is InChI=1S/C27H29N3O3/c1-18-16-29(17-28-18)24-11-8-19(13-26(24)33-2)12-21-9-10-22-14-23(31)15-25(30(22)27(21)32)20-6-4-3-5-7-20/h3-8,11-13,16-17,22-23,25,31H,9-10,14-15H2,1-2H3/t22-,23+,25+/m1/s1. The van der Waals surface area contributed by atoms with E-state index in [-0.39, 0.29) is 24.1 Å². The van der Waals surface area contributed by atoms with E-state index < -0.39 is 0 Å². The number of aryl methyl sites for hydroxylation is 1. The van der Waals surface area contributed by atoms with Gasteiger partial charge in [-0.2, -0.15) is 0 Å². The van der Waals surface area contributed by atoms with Crippen LogP contribution in [-0.2, 0) is 4.79 Å². The lowest BCUT2D eigenvalue weighted by Gasteiger charge is -2.47. The number of imidazole rings is 1. The summed E-state index contributed by atoms with van der Waals surface area (Å²) in [5.41, 5.74) is 4.66. The van der Waals surface area contributed by atoms with E-state index in [2.05, 4.69) is 4.98 Å². The van der Waals surface area contributed by atoms with Crippen molar-refractivity contribution in [2.24, 2.45) is 0 Å². The summed E-state index contributed by atoms with van der Waals surface area (Å²) in [7, 11) is 1.65. The summed E-state index contributed by atoms with van der Waals surface area (Å²) in [6.07, 6.45) is 8.12. The molecule has 2 aliphatic heterocycles. The van der Waals surface area contributed by atoms with Gasteiger partial charge in [-0.3, -0.25) is 4.79 Å². The van der Waals surface area contributed by atoms with Crippen LogP contribution in [0, 0.1) is 6.92 Å². The van der Waals surface area contributed by atoms with Crippen molar-refractivity contribution in [3.8, 4) is 11.4 Å². The highest BCUT2D eigenvalue weighted by Crippen LogP contribution is 2.41. The highest BCUT2D eigenvalue weighted by Gasteiger charge is 2.42. The van der Waals surface area contributed by atoms with Crippen LogP contribution in [0.4, 0.5) is 0 Å². The number of piperidine rings is 2. The number of hydrogen-bond acceptors (Lipinski definition) is 4. The van der Waals surface area contributed by atoms with Crippen LogP contribution < -0.4 is 4.74 Å². The number of carbonyl (C=O) groups excluding carboxylic acids is 1. The Hall–Kier alpha value is -3.38. The Morgan fingerprint density at radius 3 is 2.70 bits per heavy atom. The fourth-order valence-electron chi connectivity index (χ4n) is 5.17. The zero-order valence-corrected chi connectivity index (χ0v) is 19.0. The number of benzene rings is 2. The summed E-state index contributed by atoms with van der Waals surface area (Å²) in [5, 5.41) is 10.5. The van der Waals surface area contributed by atoms with Crippen molar-refractivity contribution in [3.05, 3.63) is 83.4 Å². The predicted molar refractivity (Wildman–Crippen MR) is 127 cm³/mol. The Morgan fingerprint density at radius 2 is 1.97 bits per heavy atom. The Morgan fingerprint density at radius 1 is 1.15 bits per heavy atom. The number of hydrogen-bond donors (Lipinski definition) is 1. The molecule has 3 atom stereocenters. The van der Waals surface area contributed by atoms with Crippen LogP contribution in [0.3, 0.4) is 0 Å². The van der Waals surface area contributed by atoms with Gasteiger partial charge in [0.05, 0.1) is 37.0 Å². The van der Waals surface area contributed by atoms with E-state index >= 15 is 0 Å². The lowest BCUT2D eigenvalue weighted by Crippen LogP contribution is -2.52. The summed E-state index contributed by atoms with van der Waals surface area (Å²) in [6, 6.07) is 16.0. The molecule has 0 saturated carbocycles. The maximum atomic E-state index is 13.6. The summed E-state index contributed by atoms with van der Waals surface area (Å²) >= 11 is 0. The Labute approximate surface area is 194 Å². The fourth-order valence-corrected chi connectivity index (χ4v) is 5.17. The summed E-state index contributed by atoms with van der Waals surface area (Å²) in [5.74, 6) is 0.798. The molecule has 0 spiro atoms. The molecule has 1 N–H and O–H groups in total. The second-order valence-corrected chi connectivity index (χ2v) is 8.98. The molecular weight excluding hydrogens is 414 g/mol. The average molecular weight is 444 g/mol. The number of aliphatic hydroxyl groups excluding tert-OH is 1. The minimum atomic E-state index is -0.376. The topological polar surface area (TPSA) is 67.6 Å². The summed E-state index contributed by atoms with van der Waals surface area (Å²) in [6.45, 7) is 1.95. The number of rotatable bonds is 4. The number of carbonyl (C=O) groups is 1. The summed E-state index contributed by atoms with van der Waals surface area (Å²) < 4.78 is 7.57. The zero-order chi connectivity index (χ0) is 22.9. The molecule has 3 aromatic rings. The van der Waals surface area contributed by atoms with E-state index in [4.69, 9.17) is 4.74 Å². The van der Waals surface area contributed by atoms with E-state index in [0.29, 0.717) is 19.3 Å². The minimum Gasteiger partial charge on any atom is -0.495 e. The molecule has 6 heteroatoms. The molecule has 6 nitrogen and oxygen atoms in total. The minimum absolute atomic E-state index is 0.0697. The number of fused-ring (bicyclic) bond motifs is 1. The monoisotopic (exact) mass is 443 g/mol. The Kier molecular flexibility index (Phi) is 5.77. The van der Waals surface area contributed by atoms with Gasteiger partial charge in [-0.15, -0.1) is 0 Å². The molecule has 33 heavy (non-hydrogen) atoms. The largest absolute Gasteiger partial charge is 0.495 e. The lowest BCUT2D eigenvalue weighted by molar-refractivity contribution is -0.139. The summed E-state index contributed by atoms with van der Waals surface area (Å²) in [4.78, 5) is 19.9. The molecule has 3 heterocycles. The van der Waals surface area contributed by atoms with Gasteiger partial charge < -0.3 is 19.3 Å². The quantitative estimate of drug-likeness (QED) is 0.605. The third kappa shape index (κ3) is 4.18. The molecule has 2 fully saturated rings. The third-order valence-electron chi connectivity index (χ3n) is 6.74. The molecular formula is C27H29N3O3. The first-order chi connectivity index (χ1) is 16.0. The molecule has 2 aromatic carbocycles. The smallest absolute Gasteiger partial charge is 0.250 e. The molecule has 0 radical (unpaired) electrons. The van der Waals surface area contributed by atoms with Gasteiger partial charge in [0, 0.05) is 17.8 Å². The van der Waals surface area contributed by atoms with Crippen LogP contribution in [-0.4, -0.2) is 44.7 Å². The van der Waals surface area contributed by atoms with Crippen molar-refractivity contribution < 1.29 is 14.6 Å². The van der Waals surface area contributed by atoms with Gasteiger partial charge in [0.15, 0.2) is 0 Å². The second-order valence-electron chi connectivity index (χ2n) is 8.98. The molecule has 2 aliphatic rings. The van der Waals surface area contributed by atoms with Crippen LogP contribution >= 0.6 is 0 Å². The normalized spacial score (nSPS) is 24.1. The molecule has 1 aromatic heterocycles. The van der Waals surface area contributed by atoms with Crippen molar-refractivity contribution in [2.75, 3.05) is 7.11 Å². The van der Waals surface area contributed by atoms with E-state index in [1.54, 1.807) is 13.4 Å². The number of methoxy groups -OCH3 is 1. The van der Waals surface area contributed by atoms with Gasteiger partial charge >= 0.3 is 0 Å². The molecule has 5 rings (SSSR count). The van der Waals surface area contributed by atoms with Crippen LogP contribution in [0.2, 0.25) is 0 Å². The number of aliphatic hydroxyl groups is 1. The van der Waals surface area contributed by atoms with Crippen molar-refractivity contribution in [2.45, 2.75) is 50.8 Å². The molecule has 170 valence electrons. The van der Waals surface area contributed by atoms with Gasteiger partial charge in [0.2, 0.25) is 0 Å². The van der Waals surface area contributed by atoms with E-state index in [1.165, 1.54) is 0 Å². The van der Waals surface area contributed by atoms with Gasteiger partial charge in [-0.1, -0.05) is 36.4 Å². The predicted octanol–water partition coefficient (Wildman–Crippen LogP) is 4.46. The van der Waals surface area contributed by atoms with E-state index in [1.807, 2.05) is 77.2 Å². The van der Waals surface area contributed by atoms with Crippen LogP contribution in [0.15, 0.2) is 66.6 Å². The van der Waals surface area contributed by atoms with Crippen molar-refractivity contribution in [1.82, 2.24) is 14.5 Å². The Bertz CT molecular complexity index is 1180. The van der Waals surface area contributed by atoms with Gasteiger partial charge in [-0.05, 0) is 61.9 Å². The highest BCUT2D eigenvalue weighted by atomic mass is 16.5. The lowest BCUT2D eigenvalue weighted by atomic mass is 9.82. The number of nitrogens with zero attached hydrogens (tertiary/aromatic N) is 3. The maximum absolute atomic E-state index is 13.6. The van der Waals surface area contributed by atoms with E-state index in [0.717, 1.165) is 40.3 Å². The van der Waals surface area contributed by atoms with E-state index in [9.17, 15) is 9.90 Å². The fraction of sp³-hybridized carbons (Fsp3) is 0.333. The molecule has 2 saturated heterocycles. The van der Waals surface area contributed by atoms with Crippen molar-refractivity contribution >= 4 is 12.0 Å². The van der Waals surface area contributed by atoms with Gasteiger partial charge in [-0.25, -0.2) is 4.98 Å². The van der Waals surface area contributed by atoms with Crippen LogP contribution in [0.1, 0.15) is 48.5 Å². The average Bonchev–Trinajstić information content (AvgIpc) is 3.26. The molecule has 0 unspecified atom stereocenters. The van der Waals surface area contributed by atoms with Gasteiger partial charge in [0.25, 0.3) is 5.91 Å². The first kappa shape index (κ1) is 21.5. The second kappa shape index (κ2) is 8.87. The van der Waals surface area contributed by atoms with Crippen LogP contribution in [0.25, 0.3) is 11.8 Å². The van der Waals surface area contributed by atoms with Crippen molar-refractivity contribution in [1.29, 1.82) is 0 Å². The number of aromatic nitrogens is 2. The molecule has 0 bridgehead atoms. The SMILES string of the molecule is COc1cc(C=C2CC[C@@H]3C[C@H](O)C[C@@H](c4ccccc4)N3C2=O)ccc1-n1cnc(C)c1. The first-order valence-corrected chi connectivity index (χ1v) is 11.5. The maximum Gasteiger partial charge on any atom is 0.250 e. The van der Waals surface area contributed by atoms with Gasteiger partial charge in [0.1, 0.15) is 5.75 Å². The molecule has 0 aliphatic carbocycles. The Balaban J connectivity index is 1.45. The first-order valence-electron chi connectivity index (χ1n) is 11.5. The van der Waals surface area contributed by atoms with Crippen molar-refractivity contribution in [3.63, 3.8) is 0 Å². The third-order valence-corrected chi connectivity index (χ3v) is 6.74.